The first-order chi connectivity index (χ1) is 9.58. The largest absolute Gasteiger partial charge is 0.508 e. The van der Waals surface area contributed by atoms with Crippen LogP contribution in [0.1, 0.15) is 19.3 Å². The van der Waals surface area contributed by atoms with Crippen LogP contribution in [-0.4, -0.2) is 28.6 Å². The number of aliphatic carboxylic acids is 1. The Balaban J connectivity index is 2.22. The second kappa shape index (κ2) is 6.23. The minimum Gasteiger partial charge on any atom is -0.508 e. The molecule has 1 unspecified atom stereocenters. The van der Waals surface area contributed by atoms with E-state index >= 15 is 0 Å². The van der Waals surface area contributed by atoms with Crippen LogP contribution < -0.4 is 4.90 Å². The van der Waals surface area contributed by atoms with E-state index in [9.17, 15) is 14.7 Å². The molecular weight excluding hydrogens is 258 g/mol. The van der Waals surface area contributed by atoms with Crippen molar-refractivity contribution in [2.75, 3.05) is 11.4 Å². The fourth-order valence-corrected chi connectivity index (χ4v) is 2.30. The lowest BCUT2D eigenvalue weighted by atomic mass is 9.93. The third-order valence-corrected chi connectivity index (χ3v) is 3.34. The maximum absolute atomic E-state index is 12.5. The van der Waals surface area contributed by atoms with Gasteiger partial charge in [-0.05, 0) is 43.5 Å². The zero-order valence-electron chi connectivity index (χ0n) is 11.0. The monoisotopic (exact) mass is 275 g/mol. The molecular formula is C15H17NO4. The van der Waals surface area contributed by atoms with Crippen LogP contribution in [0.25, 0.3) is 0 Å². The van der Waals surface area contributed by atoms with Gasteiger partial charge in [0.15, 0.2) is 0 Å². The summed E-state index contributed by atoms with van der Waals surface area (Å²) in [6.07, 6.45) is 6.22. The first kappa shape index (κ1) is 14.1. The lowest BCUT2D eigenvalue weighted by Crippen LogP contribution is -2.40. The number of nitrogens with zero attached hydrogens (tertiary/aromatic N) is 1. The quantitative estimate of drug-likeness (QED) is 0.825. The number of carboxylic acids is 1. The molecule has 1 atom stereocenters. The molecule has 0 saturated heterocycles. The molecule has 1 amide bonds. The highest BCUT2D eigenvalue weighted by atomic mass is 16.4. The Morgan fingerprint density at radius 2 is 1.90 bits per heavy atom. The molecule has 1 aromatic rings. The standard InChI is InChI=1S/C15H17NO4/c17-13-8-6-12(7-9-13)16(10-14(18)19)15(20)11-4-2-1-3-5-11/h1-2,6-9,11,17H,3-5,10H2,(H,18,19). The normalized spacial score (nSPS) is 17.7. The van der Waals surface area contributed by atoms with Crippen molar-refractivity contribution in [2.45, 2.75) is 19.3 Å². The Kier molecular flexibility index (Phi) is 4.40. The number of phenolic OH excluding ortho intramolecular Hbond substituents is 1. The van der Waals surface area contributed by atoms with Gasteiger partial charge >= 0.3 is 5.97 Å². The first-order valence-corrected chi connectivity index (χ1v) is 6.55. The van der Waals surface area contributed by atoms with E-state index in [0.29, 0.717) is 12.1 Å². The van der Waals surface area contributed by atoms with Gasteiger partial charge in [0.25, 0.3) is 0 Å². The summed E-state index contributed by atoms with van der Waals surface area (Å²) in [4.78, 5) is 24.7. The average Bonchev–Trinajstić information content (AvgIpc) is 2.46. The second-order valence-electron chi connectivity index (χ2n) is 4.82. The van der Waals surface area contributed by atoms with Crippen LogP contribution in [0.3, 0.4) is 0 Å². The SMILES string of the molecule is O=C(O)CN(C(=O)C1CC=CCC1)c1ccc(O)cc1. The van der Waals surface area contributed by atoms with Crippen LogP contribution in [0.15, 0.2) is 36.4 Å². The maximum Gasteiger partial charge on any atom is 0.323 e. The number of hydrogen-bond acceptors (Lipinski definition) is 3. The third-order valence-electron chi connectivity index (χ3n) is 3.34. The summed E-state index contributed by atoms with van der Waals surface area (Å²) in [7, 11) is 0. The molecule has 0 heterocycles. The third kappa shape index (κ3) is 3.38. The number of carboxylic acid groups (broad SMARTS) is 1. The molecule has 1 aliphatic carbocycles. The Hall–Kier alpha value is -2.30. The number of rotatable bonds is 4. The van der Waals surface area contributed by atoms with Crippen molar-refractivity contribution in [2.24, 2.45) is 5.92 Å². The van der Waals surface area contributed by atoms with Gasteiger partial charge in [-0.3, -0.25) is 9.59 Å². The van der Waals surface area contributed by atoms with E-state index in [4.69, 9.17) is 5.11 Å². The van der Waals surface area contributed by atoms with Gasteiger partial charge in [-0.25, -0.2) is 0 Å². The smallest absolute Gasteiger partial charge is 0.323 e. The molecule has 1 aliphatic rings. The Labute approximate surface area is 117 Å². The number of aromatic hydroxyl groups is 1. The van der Waals surface area contributed by atoms with E-state index in [0.717, 1.165) is 12.8 Å². The van der Waals surface area contributed by atoms with Crippen molar-refractivity contribution in [1.29, 1.82) is 0 Å². The first-order valence-electron chi connectivity index (χ1n) is 6.55. The number of phenols is 1. The highest BCUT2D eigenvalue weighted by Gasteiger charge is 2.26. The van der Waals surface area contributed by atoms with Gasteiger partial charge in [0.1, 0.15) is 12.3 Å². The summed E-state index contributed by atoms with van der Waals surface area (Å²) in [6.45, 7) is -0.371. The van der Waals surface area contributed by atoms with Gasteiger partial charge in [-0.2, -0.15) is 0 Å². The Morgan fingerprint density at radius 1 is 1.20 bits per heavy atom. The number of benzene rings is 1. The lowest BCUT2D eigenvalue weighted by molar-refractivity contribution is -0.137. The number of amides is 1. The number of carbonyl (C=O) groups excluding carboxylic acids is 1. The van der Waals surface area contributed by atoms with E-state index in [1.807, 2.05) is 12.2 Å². The van der Waals surface area contributed by atoms with Crippen molar-refractivity contribution in [3.63, 3.8) is 0 Å². The van der Waals surface area contributed by atoms with Crippen molar-refractivity contribution in [1.82, 2.24) is 0 Å². The number of hydrogen-bond donors (Lipinski definition) is 2. The summed E-state index contributed by atoms with van der Waals surface area (Å²) in [6, 6.07) is 5.99. The molecule has 2 rings (SSSR count). The van der Waals surface area contributed by atoms with Gasteiger partial charge in [0, 0.05) is 11.6 Å². The fourth-order valence-electron chi connectivity index (χ4n) is 2.30. The van der Waals surface area contributed by atoms with Crippen LogP contribution in [0.4, 0.5) is 5.69 Å². The maximum atomic E-state index is 12.5. The van der Waals surface area contributed by atoms with E-state index in [-0.39, 0.29) is 24.1 Å². The van der Waals surface area contributed by atoms with Crippen molar-refractivity contribution >= 4 is 17.6 Å². The molecule has 0 saturated carbocycles. The molecule has 5 heteroatoms. The molecule has 2 N–H and O–H groups in total. The van der Waals surface area contributed by atoms with Crippen molar-refractivity contribution in [3.8, 4) is 5.75 Å². The second-order valence-corrected chi connectivity index (χ2v) is 4.82. The van der Waals surface area contributed by atoms with Crippen LogP contribution in [0.2, 0.25) is 0 Å². The summed E-state index contributed by atoms with van der Waals surface area (Å²) in [5.41, 5.74) is 0.491. The summed E-state index contributed by atoms with van der Waals surface area (Å²) >= 11 is 0. The zero-order valence-corrected chi connectivity index (χ0v) is 11.0. The van der Waals surface area contributed by atoms with Crippen LogP contribution in [0, 0.1) is 5.92 Å². The van der Waals surface area contributed by atoms with Gasteiger partial charge < -0.3 is 15.1 Å². The van der Waals surface area contributed by atoms with Crippen LogP contribution >= 0.6 is 0 Å². The van der Waals surface area contributed by atoms with E-state index < -0.39 is 5.97 Å². The minimum absolute atomic E-state index is 0.0806. The van der Waals surface area contributed by atoms with Crippen molar-refractivity contribution in [3.05, 3.63) is 36.4 Å². The van der Waals surface area contributed by atoms with Gasteiger partial charge in [0.05, 0.1) is 0 Å². The molecule has 0 radical (unpaired) electrons. The van der Waals surface area contributed by atoms with Gasteiger partial charge in [-0.1, -0.05) is 12.2 Å². The minimum atomic E-state index is -1.06. The molecule has 1 aromatic carbocycles. The predicted octanol–water partition coefficient (Wildman–Crippen LogP) is 2.17. The van der Waals surface area contributed by atoms with E-state index in [1.54, 1.807) is 12.1 Å². The number of carbonyl (C=O) groups is 2. The molecule has 0 aliphatic heterocycles. The molecule has 106 valence electrons. The molecule has 20 heavy (non-hydrogen) atoms. The number of anilines is 1. The molecule has 0 bridgehead atoms. The fraction of sp³-hybridized carbons (Fsp3) is 0.333. The molecule has 0 spiro atoms. The summed E-state index contributed by atoms with van der Waals surface area (Å²) < 4.78 is 0. The van der Waals surface area contributed by atoms with E-state index in [1.165, 1.54) is 17.0 Å². The van der Waals surface area contributed by atoms with Crippen LogP contribution in [0.5, 0.6) is 5.75 Å². The Bertz CT molecular complexity index is 521. The Morgan fingerprint density at radius 3 is 2.45 bits per heavy atom. The number of allylic oxidation sites excluding steroid dienone is 2. The van der Waals surface area contributed by atoms with Crippen LogP contribution in [-0.2, 0) is 9.59 Å². The highest BCUT2D eigenvalue weighted by Crippen LogP contribution is 2.25. The zero-order chi connectivity index (χ0) is 14.5. The topological polar surface area (TPSA) is 77.8 Å². The average molecular weight is 275 g/mol. The van der Waals surface area contributed by atoms with Gasteiger partial charge in [-0.15, -0.1) is 0 Å². The van der Waals surface area contributed by atoms with E-state index in [2.05, 4.69) is 0 Å². The summed E-state index contributed by atoms with van der Waals surface area (Å²) in [5.74, 6) is -1.33. The van der Waals surface area contributed by atoms with Gasteiger partial charge in [0.2, 0.25) is 5.91 Å². The predicted molar refractivity (Wildman–Crippen MR) is 74.6 cm³/mol. The molecule has 5 nitrogen and oxygen atoms in total. The molecule has 0 aromatic heterocycles. The highest BCUT2D eigenvalue weighted by molar-refractivity contribution is 5.98. The van der Waals surface area contributed by atoms with Crippen molar-refractivity contribution < 1.29 is 19.8 Å². The molecule has 0 fully saturated rings. The summed E-state index contributed by atoms with van der Waals surface area (Å²) in [5, 5.41) is 18.3. The lowest BCUT2D eigenvalue weighted by Gasteiger charge is -2.26.